The van der Waals surface area contributed by atoms with Crippen molar-refractivity contribution < 1.29 is 23.0 Å². The molecule has 1 atom stereocenters. The Bertz CT molecular complexity index is 1400. The Kier molecular flexibility index (Phi) is 6.23. The summed E-state index contributed by atoms with van der Waals surface area (Å²) in [5.41, 5.74) is 1.56. The Hall–Kier alpha value is -3.60. The first-order chi connectivity index (χ1) is 15.8. The van der Waals surface area contributed by atoms with Crippen LogP contribution in [0.3, 0.4) is 0 Å². The lowest BCUT2D eigenvalue weighted by molar-refractivity contribution is -0.139. The molecule has 0 bridgehead atoms. The number of carbonyl (C=O) groups excluding carboxylic acids is 1. The van der Waals surface area contributed by atoms with Crippen LogP contribution in [0.15, 0.2) is 57.7 Å². The van der Waals surface area contributed by atoms with Crippen LogP contribution < -0.4 is 19.6 Å². The second kappa shape index (κ2) is 9.10. The number of alkyl halides is 2. The van der Waals surface area contributed by atoms with Crippen molar-refractivity contribution >= 4 is 23.4 Å². The number of halogens is 2. The Labute approximate surface area is 190 Å². The minimum atomic E-state index is -2.96. The first-order valence-corrected chi connectivity index (χ1v) is 10.8. The molecule has 0 aliphatic carbocycles. The van der Waals surface area contributed by atoms with Crippen LogP contribution in [0.2, 0.25) is 0 Å². The van der Waals surface area contributed by atoms with Gasteiger partial charge in [0.25, 0.3) is 5.56 Å². The number of aryl methyl sites for hydroxylation is 1. The van der Waals surface area contributed by atoms with Gasteiger partial charge in [0, 0.05) is 18.8 Å². The van der Waals surface area contributed by atoms with Crippen molar-refractivity contribution in [3.05, 3.63) is 78.7 Å². The molecule has 0 saturated heterocycles. The fraction of sp³-hybridized carbons (Fsp3) is 0.273. The largest absolute Gasteiger partial charge is 0.463 e. The minimum Gasteiger partial charge on any atom is -0.463 e. The molecule has 3 aromatic rings. The highest BCUT2D eigenvalue weighted by molar-refractivity contribution is 7.07. The third kappa shape index (κ3) is 4.49. The third-order valence-electron chi connectivity index (χ3n) is 4.96. The molecule has 4 rings (SSSR count). The molecule has 33 heavy (non-hydrogen) atoms. The maximum atomic E-state index is 13.4. The van der Waals surface area contributed by atoms with Crippen molar-refractivity contribution in [2.24, 2.45) is 12.0 Å². The Balaban J connectivity index is 1.89. The van der Waals surface area contributed by atoms with E-state index in [0.29, 0.717) is 20.6 Å². The summed E-state index contributed by atoms with van der Waals surface area (Å²) in [4.78, 5) is 31.1. The average Bonchev–Trinajstić information content (AvgIpc) is 3.30. The van der Waals surface area contributed by atoms with Crippen molar-refractivity contribution in [2.45, 2.75) is 26.5 Å². The normalized spacial score (nSPS) is 16.1. The third-order valence-corrected chi connectivity index (χ3v) is 5.94. The molecule has 0 fully saturated rings. The number of fused-ring (bicyclic) bond motifs is 1. The highest BCUT2D eigenvalue weighted by atomic mass is 32.1. The monoisotopic (exact) mass is 474 g/mol. The van der Waals surface area contributed by atoms with Crippen molar-refractivity contribution in [2.75, 3.05) is 6.61 Å². The predicted octanol–water partition coefficient (Wildman–Crippen LogP) is 2.13. The van der Waals surface area contributed by atoms with E-state index in [1.807, 2.05) is 0 Å². The van der Waals surface area contributed by atoms with E-state index in [1.54, 1.807) is 56.2 Å². The predicted molar refractivity (Wildman–Crippen MR) is 117 cm³/mol. The molecule has 2 aromatic heterocycles. The van der Waals surface area contributed by atoms with Crippen LogP contribution in [0.1, 0.15) is 31.0 Å². The summed E-state index contributed by atoms with van der Waals surface area (Å²) in [5.74, 6) is -0.630. The smallest absolute Gasteiger partial charge is 0.387 e. The summed E-state index contributed by atoms with van der Waals surface area (Å²) >= 11 is 1.19. The number of rotatable bonds is 6. The molecular weight excluding hydrogens is 454 g/mol. The van der Waals surface area contributed by atoms with E-state index >= 15 is 0 Å². The second-order valence-corrected chi connectivity index (χ2v) is 8.21. The number of carbonyl (C=O) groups is 1. The second-order valence-electron chi connectivity index (χ2n) is 7.20. The highest BCUT2D eigenvalue weighted by Gasteiger charge is 2.33. The van der Waals surface area contributed by atoms with Crippen LogP contribution in [-0.4, -0.2) is 33.5 Å². The average molecular weight is 474 g/mol. The van der Waals surface area contributed by atoms with Crippen LogP contribution in [0, 0.1) is 0 Å². The van der Waals surface area contributed by atoms with Crippen LogP contribution in [0.5, 0.6) is 5.75 Å². The van der Waals surface area contributed by atoms with E-state index in [0.717, 1.165) is 5.56 Å². The first kappa shape index (κ1) is 22.6. The SMILES string of the molecule is CCOC(=O)C1=C(C)N=c2s/c(=C/c3cnn(C)c3)c(=O)n2[C@H]1c1ccc(OC(F)F)cc1. The van der Waals surface area contributed by atoms with Crippen molar-refractivity contribution in [1.29, 1.82) is 0 Å². The van der Waals surface area contributed by atoms with E-state index in [2.05, 4.69) is 14.8 Å². The molecule has 1 aliphatic heterocycles. The van der Waals surface area contributed by atoms with Gasteiger partial charge in [0.2, 0.25) is 0 Å². The lowest BCUT2D eigenvalue weighted by Crippen LogP contribution is -2.39. The zero-order valence-electron chi connectivity index (χ0n) is 18.0. The summed E-state index contributed by atoms with van der Waals surface area (Å²) in [6.07, 6.45) is 5.11. The van der Waals surface area contributed by atoms with Crippen molar-refractivity contribution in [1.82, 2.24) is 14.3 Å². The molecule has 0 amide bonds. The number of aromatic nitrogens is 3. The van der Waals surface area contributed by atoms with Crippen LogP contribution >= 0.6 is 11.3 Å². The number of hydrogen-bond acceptors (Lipinski definition) is 7. The van der Waals surface area contributed by atoms with Gasteiger partial charge in [-0.1, -0.05) is 23.5 Å². The summed E-state index contributed by atoms with van der Waals surface area (Å²) in [7, 11) is 1.77. The maximum absolute atomic E-state index is 13.4. The number of thiazole rings is 1. The maximum Gasteiger partial charge on any atom is 0.387 e. The quantitative estimate of drug-likeness (QED) is 0.511. The topological polar surface area (TPSA) is 87.7 Å². The number of hydrogen-bond donors (Lipinski definition) is 0. The molecule has 0 radical (unpaired) electrons. The molecule has 1 aromatic carbocycles. The lowest BCUT2D eigenvalue weighted by Gasteiger charge is -2.24. The molecule has 0 N–H and O–H groups in total. The van der Waals surface area contributed by atoms with Crippen molar-refractivity contribution in [3.8, 4) is 5.75 Å². The molecule has 0 spiro atoms. The summed E-state index contributed by atoms with van der Waals surface area (Å²) in [6, 6.07) is 4.98. The van der Waals surface area contributed by atoms with Gasteiger partial charge in [-0.2, -0.15) is 13.9 Å². The molecule has 1 aliphatic rings. The van der Waals surface area contributed by atoms with Gasteiger partial charge in [-0.15, -0.1) is 0 Å². The van der Waals surface area contributed by atoms with Gasteiger partial charge in [0.05, 0.1) is 34.6 Å². The summed E-state index contributed by atoms with van der Waals surface area (Å²) in [6.45, 7) is 0.543. The number of benzene rings is 1. The molecule has 0 unspecified atom stereocenters. The molecular formula is C22H20F2N4O4S. The molecule has 11 heteroatoms. The zero-order valence-corrected chi connectivity index (χ0v) is 18.8. The van der Waals surface area contributed by atoms with Gasteiger partial charge in [-0.25, -0.2) is 9.79 Å². The van der Waals surface area contributed by atoms with Gasteiger partial charge in [-0.05, 0) is 37.6 Å². The van der Waals surface area contributed by atoms with Crippen LogP contribution in [0.25, 0.3) is 6.08 Å². The van der Waals surface area contributed by atoms with Crippen LogP contribution in [0.4, 0.5) is 8.78 Å². The zero-order chi connectivity index (χ0) is 23.7. The minimum absolute atomic E-state index is 0.0314. The molecule has 8 nitrogen and oxygen atoms in total. The standard InChI is InChI=1S/C22H20F2N4O4S/c1-4-31-20(30)17-12(2)26-22-28(18(17)14-5-7-15(8-6-14)32-21(23)24)19(29)16(33-22)9-13-10-25-27(3)11-13/h5-11,18,21H,4H2,1-3H3/b16-9+/t18-/m0/s1. The van der Waals surface area contributed by atoms with Gasteiger partial charge < -0.3 is 9.47 Å². The molecule has 172 valence electrons. The number of ether oxygens (including phenoxy) is 2. The molecule has 3 heterocycles. The van der Waals surface area contributed by atoms with Gasteiger partial charge in [-0.3, -0.25) is 14.0 Å². The Morgan fingerprint density at radius 3 is 2.64 bits per heavy atom. The van der Waals surface area contributed by atoms with Gasteiger partial charge >= 0.3 is 12.6 Å². The highest BCUT2D eigenvalue weighted by Crippen LogP contribution is 2.31. The number of esters is 1. The van der Waals surface area contributed by atoms with Crippen LogP contribution in [-0.2, 0) is 16.6 Å². The fourth-order valence-electron chi connectivity index (χ4n) is 3.60. The van der Waals surface area contributed by atoms with E-state index in [-0.39, 0.29) is 23.5 Å². The van der Waals surface area contributed by atoms with Gasteiger partial charge in [0.1, 0.15) is 5.75 Å². The van der Waals surface area contributed by atoms with E-state index in [4.69, 9.17) is 4.74 Å². The lowest BCUT2D eigenvalue weighted by atomic mass is 9.96. The summed E-state index contributed by atoms with van der Waals surface area (Å²) < 4.78 is 38.2. The Morgan fingerprint density at radius 1 is 1.30 bits per heavy atom. The number of nitrogens with zero attached hydrogens (tertiary/aromatic N) is 4. The molecule has 0 saturated carbocycles. The van der Waals surface area contributed by atoms with Gasteiger partial charge in [0.15, 0.2) is 4.80 Å². The van der Waals surface area contributed by atoms with E-state index in [9.17, 15) is 18.4 Å². The van der Waals surface area contributed by atoms with Crippen molar-refractivity contribution in [3.63, 3.8) is 0 Å². The van der Waals surface area contributed by atoms with E-state index in [1.165, 1.54) is 28.0 Å². The Morgan fingerprint density at radius 2 is 2.03 bits per heavy atom. The number of allylic oxidation sites excluding steroid dienone is 1. The fourth-order valence-corrected chi connectivity index (χ4v) is 4.65. The summed E-state index contributed by atoms with van der Waals surface area (Å²) in [5, 5.41) is 4.11. The first-order valence-electron chi connectivity index (χ1n) is 10.0. The van der Waals surface area contributed by atoms with E-state index < -0.39 is 18.6 Å².